The molecule has 1 amide bonds. The summed E-state index contributed by atoms with van der Waals surface area (Å²) in [6, 6.07) is 1.90. The lowest BCUT2D eigenvalue weighted by Gasteiger charge is -2.15. The van der Waals surface area contributed by atoms with Crippen LogP contribution in [0.1, 0.15) is 85.4 Å². The zero-order valence-corrected chi connectivity index (χ0v) is 24.9. The number of aryl methyl sites for hydroxylation is 1. The van der Waals surface area contributed by atoms with Crippen LogP contribution in [-0.4, -0.2) is 34.5 Å². The van der Waals surface area contributed by atoms with E-state index in [1.807, 2.05) is 53.7 Å². The molecule has 0 bridgehead atoms. The lowest BCUT2D eigenvalue weighted by Crippen LogP contribution is -2.29. The van der Waals surface area contributed by atoms with Gasteiger partial charge in [-0.3, -0.25) is 20.5 Å². The molecule has 0 spiro atoms. The molecule has 2 unspecified atom stereocenters. The Kier molecular flexibility index (Phi) is 14.1. The Morgan fingerprint density at radius 3 is 2.39 bits per heavy atom. The van der Waals surface area contributed by atoms with Gasteiger partial charge in [0.25, 0.3) is 11.8 Å². The highest BCUT2D eigenvalue weighted by molar-refractivity contribution is 8.14. The van der Waals surface area contributed by atoms with Gasteiger partial charge in [-0.15, -0.1) is 0 Å². The first-order chi connectivity index (χ1) is 18.1. The average Bonchev–Trinajstić information content (AvgIpc) is 3.27. The van der Waals surface area contributed by atoms with Crippen LogP contribution in [0, 0.1) is 24.7 Å². The average molecular weight is 549 g/mol. The molecule has 9 heteroatoms. The fraction of sp³-hybridized carbons (Fsp3) is 0.552. The minimum absolute atomic E-state index is 0.198. The first-order valence-corrected chi connectivity index (χ1v) is 14.0. The summed E-state index contributed by atoms with van der Waals surface area (Å²) in [6.07, 6.45) is 6.50. The Morgan fingerprint density at radius 1 is 1.26 bits per heavy atom. The largest absolute Gasteiger partial charge is 0.495 e. The smallest absolute Gasteiger partial charge is 0.263 e. The summed E-state index contributed by atoms with van der Waals surface area (Å²) in [5.41, 5.74) is 6.64. The number of thioether (sulfide) groups is 1. The summed E-state index contributed by atoms with van der Waals surface area (Å²) in [5, 5.41) is 6.75. The fourth-order valence-electron chi connectivity index (χ4n) is 3.16. The molecule has 210 valence electrons. The van der Waals surface area contributed by atoms with Gasteiger partial charge in [-0.05, 0) is 50.6 Å². The fourth-order valence-corrected chi connectivity index (χ4v) is 3.87. The van der Waals surface area contributed by atoms with Crippen LogP contribution in [0.5, 0.6) is 5.75 Å². The van der Waals surface area contributed by atoms with E-state index in [2.05, 4.69) is 46.5 Å². The Balaban J connectivity index is 0.00000110. The van der Waals surface area contributed by atoms with Gasteiger partial charge in [0.1, 0.15) is 5.75 Å². The maximum atomic E-state index is 13.2. The third-order valence-electron chi connectivity index (χ3n) is 5.35. The number of rotatable bonds is 6. The molecule has 0 radical (unpaired) electrons. The van der Waals surface area contributed by atoms with Gasteiger partial charge in [-0.2, -0.15) is 5.10 Å². The van der Waals surface area contributed by atoms with E-state index in [0.29, 0.717) is 22.9 Å². The maximum absolute atomic E-state index is 13.2. The van der Waals surface area contributed by atoms with Crippen LogP contribution >= 0.6 is 11.8 Å². The number of ether oxygens (including phenoxy) is 1. The molecule has 6 nitrogen and oxygen atoms in total. The van der Waals surface area contributed by atoms with E-state index in [-0.39, 0.29) is 12.3 Å². The molecule has 2 N–H and O–H groups in total. The first-order valence-electron chi connectivity index (χ1n) is 13.1. The molecule has 1 aliphatic heterocycles. The number of halogens is 2. The quantitative estimate of drug-likeness (QED) is 0.226. The molecule has 1 aromatic heterocycles. The second-order valence-electron chi connectivity index (χ2n) is 8.80. The van der Waals surface area contributed by atoms with Crippen LogP contribution < -0.4 is 15.5 Å². The third kappa shape index (κ3) is 10.1. The van der Waals surface area contributed by atoms with E-state index < -0.39 is 17.2 Å². The van der Waals surface area contributed by atoms with Crippen LogP contribution in [0.15, 0.2) is 34.6 Å². The Hall–Kier alpha value is -2.86. The predicted molar refractivity (Wildman–Crippen MR) is 155 cm³/mol. The van der Waals surface area contributed by atoms with Gasteiger partial charge >= 0.3 is 0 Å². The lowest BCUT2D eigenvalue weighted by molar-refractivity contribution is -0.115. The van der Waals surface area contributed by atoms with Gasteiger partial charge in [-0.25, -0.2) is 8.78 Å². The van der Waals surface area contributed by atoms with Gasteiger partial charge in [0.2, 0.25) is 0 Å². The molecule has 1 saturated carbocycles. The van der Waals surface area contributed by atoms with Crippen molar-refractivity contribution in [3.8, 4) is 17.6 Å². The van der Waals surface area contributed by atoms with Crippen molar-refractivity contribution in [2.24, 2.45) is 11.0 Å². The number of alkyl halides is 2. The number of nitrogens with one attached hydrogen (secondary N) is 2. The summed E-state index contributed by atoms with van der Waals surface area (Å²) < 4.78 is 31.5. The number of allylic oxidation sites excluding steroid dienone is 2. The van der Waals surface area contributed by atoms with Crippen molar-refractivity contribution in [3.05, 3.63) is 40.7 Å². The minimum Gasteiger partial charge on any atom is -0.495 e. The number of amidine groups is 1. The normalized spacial score (nSPS) is 18.9. The number of carbonyl (C=O) groups excluding carboxylic acids is 1. The number of methoxy groups -OCH3 is 1. The van der Waals surface area contributed by atoms with Crippen LogP contribution in [0.4, 0.5) is 8.78 Å². The zero-order chi connectivity index (χ0) is 28.9. The highest BCUT2D eigenvalue weighted by Crippen LogP contribution is 2.48. The first kappa shape index (κ1) is 33.2. The van der Waals surface area contributed by atoms with Gasteiger partial charge < -0.3 is 4.74 Å². The molecular weight excluding hydrogens is 506 g/mol. The summed E-state index contributed by atoms with van der Waals surface area (Å²) in [4.78, 5) is 17.5. The van der Waals surface area contributed by atoms with Crippen molar-refractivity contribution in [1.29, 1.82) is 0 Å². The molecule has 1 fully saturated rings. The number of amides is 1. The number of unbranched alkanes of at least 4 members (excludes halogenated alkanes) is 1. The highest BCUT2D eigenvalue weighted by Gasteiger charge is 2.56. The summed E-state index contributed by atoms with van der Waals surface area (Å²) in [6.45, 7) is 16.0. The molecule has 2 atom stereocenters. The van der Waals surface area contributed by atoms with Crippen molar-refractivity contribution < 1.29 is 18.3 Å². The van der Waals surface area contributed by atoms with Crippen LogP contribution in [0.3, 0.4) is 0 Å². The van der Waals surface area contributed by atoms with Gasteiger partial charge in [0, 0.05) is 23.3 Å². The standard InChI is InChI=1S/C23H26F2N4O2S.C4H10.C2H6/c1-6-16(17-10-14(4)26-12-19(17)31-5)18(9-13(2)3)21(30)27-22-29-28-20(32-22)8-7-15-11-23(15,24)25;1-3-4-2;1-2/h9-10,12,15,20,28H,6,11H2,1-5H3,(H,27,29,30);3-4H2,1-2H3;1-2H3/b18-16-;;. The molecule has 3 rings (SSSR count). The summed E-state index contributed by atoms with van der Waals surface area (Å²) in [5.74, 6) is 2.02. The van der Waals surface area contributed by atoms with Crippen LogP contribution in [-0.2, 0) is 4.79 Å². The number of nitrogens with zero attached hydrogens (tertiary/aromatic N) is 2. The maximum Gasteiger partial charge on any atom is 0.263 e. The monoisotopic (exact) mass is 548 g/mol. The zero-order valence-electron chi connectivity index (χ0n) is 24.1. The lowest BCUT2D eigenvalue weighted by atomic mass is 9.95. The number of carbonyl (C=O) groups is 1. The van der Waals surface area contributed by atoms with Gasteiger partial charge in [-0.1, -0.05) is 71.0 Å². The van der Waals surface area contributed by atoms with Crippen molar-refractivity contribution in [2.45, 2.75) is 92.4 Å². The van der Waals surface area contributed by atoms with Crippen molar-refractivity contribution in [3.63, 3.8) is 0 Å². The van der Waals surface area contributed by atoms with E-state index in [4.69, 9.17) is 4.74 Å². The van der Waals surface area contributed by atoms with Gasteiger partial charge in [0.05, 0.1) is 19.2 Å². The molecule has 1 aromatic rings. The second-order valence-corrected chi connectivity index (χ2v) is 9.89. The van der Waals surface area contributed by atoms with E-state index in [1.54, 1.807) is 13.3 Å². The van der Waals surface area contributed by atoms with Crippen molar-refractivity contribution >= 4 is 28.4 Å². The number of aromatic nitrogens is 1. The molecule has 0 aromatic carbocycles. The molecule has 2 aliphatic rings. The van der Waals surface area contributed by atoms with E-state index in [0.717, 1.165) is 22.4 Å². The molecular formula is C29H42F2N4O2S. The highest BCUT2D eigenvalue weighted by atomic mass is 32.2. The van der Waals surface area contributed by atoms with E-state index in [9.17, 15) is 13.6 Å². The number of hydrogen-bond acceptors (Lipinski definition) is 6. The Labute approximate surface area is 231 Å². The van der Waals surface area contributed by atoms with Crippen molar-refractivity contribution in [1.82, 2.24) is 15.7 Å². The van der Waals surface area contributed by atoms with Crippen LogP contribution in [0.25, 0.3) is 5.57 Å². The Bertz CT molecular complexity index is 1100. The number of pyridine rings is 1. The SMILES string of the molecule is CC.CC/C(=C(\C=C(C)C)C(=O)NC1=NNC(C#CC2CC2(F)F)S1)c1cc(C)ncc1OC.CCCC. The summed E-state index contributed by atoms with van der Waals surface area (Å²) >= 11 is 1.18. The third-order valence-corrected chi connectivity index (χ3v) is 6.23. The van der Waals surface area contributed by atoms with Crippen molar-refractivity contribution in [2.75, 3.05) is 7.11 Å². The molecule has 1 aliphatic carbocycles. The number of hydrazone groups is 1. The van der Waals surface area contributed by atoms with Crippen LogP contribution in [0.2, 0.25) is 0 Å². The number of hydrogen-bond donors (Lipinski definition) is 2. The topological polar surface area (TPSA) is 75.6 Å². The Morgan fingerprint density at radius 2 is 1.89 bits per heavy atom. The molecule has 0 saturated heterocycles. The van der Waals surface area contributed by atoms with E-state index in [1.165, 1.54) is 24.6 Å². The summed E-state index contributed by atoms with van der Waals surface area (Å²) in [7, 11) is 1.57. The van der Waals surface area contributed by atoms with E-state index >= 15 is 0 Å². The minimum atomic E-state index is -2.68. The predicted octanol–water partition coefficient (Wildman–Crippen LogP) is 7.07. The molecule has 38 heavy (non-hydrogen) atoms. The second kappa shape index (κ2) is 16.2. The van der Waals surface area contributed by atoms with Gasteiger partial charge in [0.15, 0.2) is 10.5 Å². The molecule has 2 heterocycles.